The molecule has 1 aromatic heterocycles. The monoisotopic (exact) mass is 301 g/mol. The van der Waals surface area contributed by atoms with Crippen LogP contribution < -0.4 is 10.2 Å². The van der Waals surface area contributed by atoms with Crippen LogP contribution in [-0.2, 0) is 11.2 Å². The molecule has 5 heteroatoms. The van der Waals surface area contributed by atoms with Crippen LogP contribution in [0.4, 0.5) is 17.1 Å². The van der Waals surface area contributed by atoms with Crippen LogP contribution in [0.3, 0.4) is 0 Å². The molecule has 1 aromatic carbocycles. The molecule has 0 unspecified atom stereocenters. The van der Waals surface area contributed by atoms with Crippen LogP contribution >= 0.6 is 11.6 Å². The van der Waals surface area contributed by atoms with Gasteiger partial charge in [0.1, 0.15) is 5.15 Å². The van der Waals surface area contributed by atoms with Gasteiger partial charge in [-0.25, -0.2) is 4.98 Å². The summed E-state index contributed by atoms with van der Waals surface area (Å²) < 4.78 is 0. The highest BCUT2D eigenvalue weighted by atomic mass is 35.5. The van der Waals surface area contributed by atoms with E-state index >= 15 is 0 Å². The number of fused-ring (bicyclic) bond motifs is 1. The minimum atomic E-state index is 0.0633. The van der Waals surface area contributed by atoms with Crippen molar-refractivity contribution in [3.63, 3.8) is 0 Å². The van der Waals surface area contributed by atoms with Crippen LogP contribution in [0.1, 0.15) is 18.1 Å². The Kier molecular flexibility index (Phi) is 3.55. The van der Waals surface area contributed by atoms with E-state index in [-0.39, 0.29) is 5.91 Å². The van der Waals surface area contributed by atoms with Crippen molar-refractivity contribution in [2.24, 2.45) is 0 Å². The van der Waals surface area contributed by atoms with Crippen molar-refractivity contribution in [3.05, 3.63) is 46.7 Å². The smallest absolute Gasteiger partial charge is 0.223 e. The minimum absolute atomic E-state index is 0.0633. The van der Waals surface area contributed by atoms with Crippen molar-refractivity contribution in [1.82, 2.24) is 4.98 Å². The van der Waals surface area contributed by atoms with E-state index in [1.165, 1.54) is 11.1 Å². The van der Waals surface area contributed by atoms with Gasteiger partial charge in [-0.3, -0.25) is 4.79 Å². The largest absolute Gasteiger partial charge is 0.354 e. The van der Waals surface area contributed by atoms with E-state index in [0.29, 0.717) is 5.15 Å². The molecule has 0 bridgehead atoms. The zero-order chi connectivity index (χ0) is 15.0. The Morgan fingerprint density at radius 2 is 2.19 bits per heavy atom. The van der Waals surface area contributed by atoms with Crippen molar-refractivity contribution in [1.29, 1.82) is 0 Å². The van der Waals surface area contributed by atoms with Crippen molar-refractivity contribution in [2.45, 2.75) is 20.3 Å². The molecule has 21 heavy (non-hydrogen) atoms. The minimum Gasteiger partial charge on any atom is -0.354 e. The van der Waals surface area contributed by atoms with Gasteiger partial charge in [0.05, 0.1) is 11.4 Å². The Balaban J connectivity index is 2.04. The third-order valence-corrected chi connectivity index (χ3v) is 3.80. The fraction of sp³-hybridized carbons (Fsp3) is 0.250. The summed E-state index contributed by atoms with van der Waals surface area (Å²) in [7, 11) is 0. The summed E-state index contributed by atoms with van der Waals surface area (Å²) in [5.74, 6) is 0.0633. The lowest BCUT2D eigenvalue weighted by Gasteiger charge is -2.20. The van der Waals surface area contributed by atoms with Gasteiger partial charge in [-0.2, -0.15) is 0 Å². The predicted molar refractivity (Wildman–Crippen MR) is 85.4 cm³/mol. The maximum absolute atomic E-state index is 11.8. The summed E-state index contributed by atoms with van der Waals surface area (Å²) in [5.41, 5.74) is 5.13. The van der Waals surface area contributed by atoms with Crippen LogP contribution in [0.25, 0.3) is 0 Å². The molecular weight excluding hydrogens is 286 g/mol. The molecule has 0 fully saturated rings. The first-order valence-electron chi connectivity index (χ1n) is 6.85. The molecule has 1 aliphatic heterocycles. The summed E-state index contributed by atoms with van der Waals surface area (Å²) in [6.45, 7) is 4.39. The molecule has 0 saturated heterocycles. The average Bonchev–Trinajstić information content (AvgIpc) is 2.82. The van der Waals surface area contributed by atoms with Gasteiger partial charge in [-0.1, -0.05) is 17.7 Å². The predicted octanol–water partition coefficient (Wildman–Crippen LogP) is 3.70. The second-order valence-corrected chi connectivity index (χ2v) is 5.62. The normalized spacial score (nSPS) is 13.2. The SMILES string of the molecule is CC(=O)N1CCc2cc(C)cc(Nc3ccnc(Cl)c3)c21. The quantitative estimate of drug-likeness (QED) is 0.860. The highest BCUT2D eigenvalue weighted by Crippen LogP contribution is 2.38. The number of hydrogen-bond donors (Lipinski definition) is 1. The number of aryl methyl sites for hydroxylation is 1. The molecule has 0 saturated carbocycles. The number of pyridine rings is 1. The first-order valence-corrected chi connectivity index (χ1v) is 7.22. The standard InChI is InChI=1S/C16H16ClN3O/c1-10-7-12-4-6-20(11(2)21)16(12)14(8-10)19-13-3-5-18-15(17)9-13/h3,5,7-9H,4,6H2,1-2H3,(H,18,19). The highest BCUT2D eigenvalue weighted by Gasteiger charge is 2.25. The fourth-order valence-electron chi connectivity index (χ4n) is 2.75. The number of anilines is 3. The van der Waals surface area contributed by atoms with Crippen LogP contribution in [-0.4, -0.2) is 17.4 Å². The number of aromatic nitrogens is 1. The molecule has 1 amide bonds. The number of carbonyl (C=O) groups is 1. The number of amides is 1. The van der Waals surface area contributed by atoms with Gasteiger partial charge in [0.15, 0.2) is 0 Å². The van der Waals surface area contributed by atoms with Gasteiger partial charge in [0.25, 0.3) is 0 Å². The summed E-state index contributed by atoms with van der Waals surface area (Å²) in [6.07, 6.45) is 2.55. The summed E-state index contributed by atoms with van der Waals surface area (Å²) >= 11 is 5.92. The lowest BCUT2D eigenvalue weighted by Crippen LogP contribution is -2.26. The molecule has 108 valence electrons. The van der Waals surface area contributed by atoms with E-state index < -0.39 is 0 Å². The summed E-state index contributed by atoms with van der Waals surface area (Å²) in [4.78, 5) is 17.6. The first-order chi connectivity index (χ1) is 10.0. The van der Waals surface area contributed by atoms with Gasteiger partial charge in [0.2, 0.25) is 5.91 Å². The number of carbonyl (C=O) groups excluding carboxylic acids is 1. The Morgan fingerprint density at radius 1 is 1.38 bits per heavy atom. The molecule has 2 aromatic rings. The number of benzene rings is 1. The highest BCUT2D eigenvalue weighted by molar-refractivity contribution is 6.29. The van der Waals surface area contributed by atoms with Crippen molar-refractivity contribution < 1.29 is 4.79 Å². The van der Waals surface area contributed by atoms with Crippen LogP contribution in [0.5, 0.6) is 0 Å². The number of nitrogens with one attached hydrogen (secondary N) is 1. The summed E-state index contributed by atoms with van der Waals surface area (Å²) in [5, 5.41) is 3.79. The van der Waals surface area contributed by atoms with E-state index in [9.17, 15) is 4.79 Å². The molecule has 0 spiro atoms. The van der Waals surface area contributed by atoms with Gasteiger partial charge in [-0.05, 0) is 42.7 Å². The molecule has 0 atom stereocenters. The first kappa shape index (κ1) is 13.9. The molecule has 0 aliphatic carbocycles. The zero-order valence-electron chi connectivity index (χ0n) is 12.0. The Morgan fingerprint density at radius 3 is 2.90 bits per heavy atom. The Bertz CT molecular complexity index is 715. The molecule has 4 nitrogen and oxygen atoms in total. The van der Waals surface area contributed by atoms with E-state index in [1.54, 1.807) is 19.2 Å². The number of nitrogens with zero attached hydrogens (tertiary/aromatic N) is 2. The van der Waals surface area contributed by atoms with Gasteiger partial charge >= 0.3 is 0 Å². The third kappa shape index (κ3) is 2.72. The fourth-order valence-corrected chi connectivity index (χ4v) is 2.93. The Labute approximate surface area is 128 Å². The zero-order valence-corrected chi connectivity index (χ0v) is 12.7. The van der Waals surface area contributed by atoms with Crippen molar-refractivity contribution in [2.75, 3.05) is 16.8 Å². The number of rotatable bonds is 2. The second kappa shape index (κ2) is 5.37. The number of hydrogen-bond acceptors (Lipinski definition) is 3. The van der Waals surface area contributed by atoms with Gasteiger partial charge in [-0.15, -0.1) is 0 Å². The summed E-state index contributed by atoms with van der Waals surface area (Å²) in [6, 6.07) is 7.81. The van der Waals surface area contributed by atoms with Gasteiger partial charge < -0.3 is 10.2 Å². The molecule has 3 rings (SSSR count). The molecular formula is C16H16ClN3O. The topological polar surface area (TPSA) is 45.2 Å². The molecule has 1 aliphatic rings. The van der Waals surface area contributed by atoms with E-state index in [0.717, 1.165) is 30.0 Å². The lowest BCUT2D eigenvalue weighted by molar-refractivity contribution is -0.116. The van der Waals surface area contributed by atoms with E-state index in [1.807, 2.05) is 11.0 Å². The molecule has 2 heterocycles. The third-order valence-electron chi connectivity index (χ3n) is 3.59. The van der Waals surface area contributed by atoms with Gasteiger partial charge in [0, 0.05) is 25.4 Å². The Hall–Kier alpha value is -2.07. The molecule has 0 radical (unpaired) electrons. The van der Waals surface area contributed by atoms with Crippen LogP contribution in [0.2, 0.25) is 5.15 Å². The van der Waals surface area contributed by atoms with E-state index in [4.69, 9.17) is 11.6 Å². The van der Waals surface area contributed by atoms with E-state index in [2.05, 4.69) is 29.4 Å². The van der Waals surface area contributed by atoms with Crippen LogP contribution in [0, 0.1) is 6.92 Å². The van der Waals surface area contributed by atoms with Crippen molar-refractivity contribution in [3.8, 4) is 0 Å². The van der Waals surface area contributed by atoms with Crippen LogP contribution in [0.15, 0.2) is 30.5 Å². The van der Waals surface area contributed by atoms with Crippen molar-refractivity contribution >= 4 is 34.6 Å². The maximum Gasteiger partial charge on any atom is 0.223 e. The lowest BCUT2D eigenvalue weighted by atomic mass is 10.1. The second-order valence-electron chi connectivity index (χ2n) is 5.23. The maximum atomic E-state index is 11.8. The number of halogens is 1. The average molecular weight is 302 g/mol. The molecule has 1 N–H and O–H groups in total.